The number of carbonyl (C=O) groups excluding carboxylic acids is 3. The molecule has 0 saturated heterocycles. The average molecular weight is 936 g/mol. The van der Waals surface area contributed by atoms with Gasteiger partial charge in [-0.25, -0.2) is 0 Å². The molecule has 6 heteroatoms. The van der Waals surface area contributed by atoms with E-state index >= 15 is 0 Å². The molecular formula is C61H106O6. The first-order valence-electron chi connectivity index (χ1n) is 28.5. The maximum absolute atomic E-state index is 12.8. The molecule has 6 nitrogen and oxygen atoms in total. The highest BCUT2D eigenvalue weighted by molar-refractivity contribution is 5.71. The largest absolute Gasteiger partial charge is 0.462 e. The summed E-state index contributed by atoms with van der Waals surface area (Å²) in [4.78, 5) is 38.1. The summed E-state index contributed by atoms with van der Waals surface area (Å²) in [5.41, 5.74) is 0. The molecule has 0 N–H and O–H groups in total. The highest BCUT2D eigenvalue weighted by Gasteiger charge is 2.19. The third-order valence-corrected chi connectivity index (χ3v) is 12.3. The lowest BCUT2D eigenvalue weighted by molar-refractivity contribution is -0.167. The van der Waals surface area contributed by atoms with Crippen LogP contribution in [0.3, 0.4) is 0 Å². The van der Waals surface area contributed by atoms with Crippen LogP contribution in [0.1, 0.15) is 278 Å². The van der Waals surface area contributed by atoms with E-state index in [4.69, 9.17) is 14.2 Å². The van der Waals surface area contributed by atoms with Gasteiger partial charge in [0, 0.05) is 19.3 Å². The van der Waals surface area contributed by atoms with Crippen LogP contribution in [0.15, 0.2) is 72.9 Å². The van der Waals surface area contributed by atoms with Gasteiger partial charge < -0.3 is 14.2 Å². The van der Waals surface area contributed by atoms with Crippen LogP contribution in [0.25, 0.3) is 0 Å². The summed E-state index contributed by atoms with van der Waals surface area (Å²) >= 11 is 0. The number of rotatable bonds is 51. The van der Waals surface area contributed by atoms with Gasteiger partial charge >= 0.3 is 17.9 Å². The molecule has 0 bridgehead atoms. The van der Waals surface area contributed by atoms with E-state index in [-0.39, 0.29) is 37.5 Å². The van der Waals surface area contributed by atoms with Crippen molar-refractivity contribution in [3.8, 4) is 0 Å². The standard InChI is InChI=1S/C61H106O6/c1-4-7-10-13-16-19-22-25-28-29-30-31-34-36-39-42-45-48-51-54-60(63)66-57-58(67-61(64)55-52-49-46-43-40-37-33-27-24-21-18-15-12-9-6-3)56-65-59(62)53-50-47-44-41-38-35-32-26-23-20-17-14-11-8-5-2/h9,12,15,18,21,24,27,29-30,33,37,40,58H,4-8,10-11,13-14,16-17,19-20,22-23,25-26,28,31-32,34-36,38-39,41-57H2,1-3H3/b12-9-,18-15-,24-21-,30-29-,33-27-,40-37-. The van der Waals surface area contributed by atoms with Crippen LogP contribution in [-0.2, 0) is 28.6 Å². The Morgan fingerprint density at radius 1 is 0.313 bits per heavy atom. The van der Waals surface area contributed by atoms with Crippen LogP contribution in [0, 0.1) is 0 Å². The second kappa shape index (κ2) is 55.4. The Kier molecular flexibility index (Phi) is 52.8. The molecule has 0 fully saturated rings. The minimum atomic E-state index is -0.798. The molecule has 0 radical (unpaired) electrons. The molecule has 386 valence electrons. The summed E-state index contributed by atoms with van der Waals surface area (Å²) in [7, 11) is 0. The number of hydrogen-bond acceptors (Lipinski definition) is 6. The maximum Gasteiger partial charge on any atom is 0.306 e. The molecule has 0 aromatic heterocycles. The molecule has 1 atom stereocenters. The van der Waals surface area contributed by atoms with Gasteiger partial charge in [-0.1, -0.05) is 267 Å². The van der Waals surface area contributed by atoms with E-state index in [1.165, 1.54) is 167 Å². The van der Waals surface area contributed by atoms with Crippen LogP contribution in [-0.4, -0.2) is 37.2 Å². The number of carbonyl (C=O) groups is 3. The zero-order chi connectivity index (χ0) is 48.6. The van der Waals surface area contributed by atoms with Gasteiger partial charge in [-0.15, -0.1) is 0 Å². The molecular weight excluding hydrogens is 829 g/mol. The molecule has 0 amide bonds. The molecule has 0 spiro atoms. The predicted octanol–water partition coefficient (Wildman–Crippen LogP) is 19.0. The fourth-order valence-corrected chi connectivity index (χ4v) is 8.05. The number of hydrogen-bond donors (Lipinski definition) is 0. The van der Waals surface area contributed by atoms with Gasteiger partial charge in [-0.05, 0) is 64.2 Å². The van der Waals surface area contributed by atoms with Crippen molar-refractivity contribution < 1.29 is 28.6 Å². The topological polar surface area (TPSA) is 78.9 Å². The van der Waals surface area contributed by atoms with Gasteiger partial charge in [0.05, 0.1) is 0 Å². The third kappa shape index (κ3) is 53.7. The first kappa shape index (κ1) is 63.8. The normalized spacial score (nSPS) is 12.6. The van der Waals surface area contributed by atoms with E-state index in [2.05, 4.69) is 45.1 Å². The lowest BCUT2D eigenvalue weighted by Gasteiger charge is -2.18. The maximum atomic E-state index is 12.8. The van der Waals surface area contributed by atoms with Crippen molar-refractivity contribution in [3.05, 3.63) is 72.9 Å². The van der Waals surface area contributed by atoms with Crippen molar-refractivity contribution in [1.29, 1.82) is 0 Å². The van der Waals surface area contributed by atoms with Crippen LogP contribution in [0.5, 0.6) is 0 Å². The van der Waals surface area contributed by atoms with Gasteiger partial charge in [0.25, 0.3) is 0 Å². The third-order valence-electron chi connectivity index (χ3n) is 12.3. The predicted molar refractivity (Wildman–Crippen MR) is 288 cm³/mol. The van der Waals surface area contributed by atoms with Crippen molar-refractivity contribution in [2.75, 3.05) is 13.2 Å². The monoisotopic (exact) mass is 935 g/mol. The summed E-state index contributed by atoms with van der Waals surface area (Å²) in [6.07, 6.45) is 70.3. The molecule has 0 aromatic carbocycles. The quantitative estimate of drug-likeness (QED) is 0.0199. The minimum Gasteiger partial charge on any atom is -0.462 e. The SMILES string of the molecule is CC\C=C/C=C\C=C/C=C\C=C/CCCCCC(=O)OC(COC(=O)CCCCCCCCC/C=C\CCCCCCCCCC)COC(=O)CCCCCCCCCCCCCCCCC. The van der Waals surface area contributed by atoms with Gasteiger partial charge in [0.15, 0.2) is 6.10 Å². The number of allylic oxidation sites excluding steroid dienone is 12. The minimum absolute atomic E-state index is 0.0919. The van der Waals surface area contributed by atoms with Crippen molar-refractivity contribution in [2.24, 2.45) is 0 Å². The van der Waals surface area contributed by atoms with E-state index < -0.39 is 6.10 Å². The van der Waals surface area contributed by atoms with E-state index in [9.17, 15) is 14.4 Å². The summed E-state index contributed by atoms with van der Waals surface area (Å²) < 4.78 is 16.8. The molecule has 0 saturated carbocycles. The first-order chi connectivity index (χ1) is 33.0. The lowest BCUT2D eigenvalue weighted by atomic mass is 10.0. The van der Waals surface area contributed by atoms with Crippen molar-refractivity contribution in [2.45, 2.75) is 284 Å². The number of unbranched alkanes of at least 4 members (excludes halogenated alkanes) is 32. The molecule has 67 heavy (non-hydrogen) atoms. The number of esters is 3. The summed E-state index contributed by atoms with van der Waals surface area (Å²) in [6, 6.07) is 0. The van der Waals surface area contributed by atoms with E-state index in [1.54, 1.807) is 0 Å². The highest BCUT2D eigenvalue weighted by Crippen LogP contribution is 2.16. The molecule has 0 aliphatic rings. The Bertz CT molecular complexity index is 1260. The molecule has 0 aromatic rings. The Hall–Kier alpha value is -3.15. The molecule has 0 rings (SSSR count). The van der Waals surface area contributed by atoms with Crippen molar-refractivity contribution in [1.82, 2.24) is 0 Å². The molecule has 0 heterocycles. The second-order valence-electron chi connectivity index (χ2n) is 18.9. The van der Waals surface area contributed by atoms with Crippen LogP contribution in [0.4, 0.5) is 0 Å². The van der Waals surface area contributed by atoms with E-state index in [0.29, 0.717) is 19.3 Å². The smallest absolute Gasteiger partial charge is 0.306 e. The molecule has 0 aliphatic heterocycles. The van der Waals surface area contributed by atoms with Gasteiger partial charge in [0.1, 0.15) is 13.2 Å². The fourth-order valence-electron chi connectivity index (χ4n) is 8.05. The second-order valence-corrected chi connectivity index (χ2v) is 18.9. The van der Waals surface area contributed by atoms with Gasteiger partial charge in [0.2, 0.25) is 0 Å². The van der Waals surface area contributed by atoms with Crippen molar-refractivity contribution in [3.63, 3.8) is 0 Å². The van der Waals surface area contributed by atoms with Gasteiger partial charge in [-0.2, -0.15) is 0 Å². The van der Waals surface area contributed by atoms with Crippen LogP contribution in [0.2, 0.25) is 0 Å². The zero-order valence-corrected chi connectivity index (χ0v) is 44.2. The van der Waals surface area contributed by atoms with Gasteiger partial charge in [-0.3, -0.25) is 14.4 Å². The Balaban J connectivity index is 4.41. The Morgan fingerprint density at radius 2 is 0.597 bits per heavy atom. The number of ether oxygens (including phenoxy) is 3. The Morgan fingerprint density at radius 3 is 0.970 bits per heavy atom. The summed E-state index contributed by atoms with van der Waals surface area (Å²) in [5.74, 6) is -0.929. The van der Waals surface area contributed by atoms with E-state index in [1.807, 2.05) is 48.6 Å². The summed E-state index contributed by atoms with van der Waals surface area (Å²) in [5, 5.41) is 0. The summed E-state index contributed by atoms with van der Waals surface area (Å²) in [6.45, 7) is 6.48. The van der Waals surface area contributed by atoms with Crippen LogP contribution < -0.4 is 0 Å². The van der Waals surface area contributed by atoms with E-state index in [0.717, 1.165) is 64.2 Å². The fraction of sp³-hybridized carbons (Fsp3) is 0.754. The van der Waals surface area contributed by atoms with Crippen LogP contribution >= 0.6 is 0 Å². The highest BCUT2D eigenvalue weighted by atomic mass is 16.6. The Labute approximate surface area is 414 Å². The average Bonchev–Trinajstić information content (AvgIpc) is 3.33. The zero-order valence-electron chi connectivity index (χ0n) is 44.2. The molecule has 0 aliphatic carbocycles. The lowest BCUT2D eigenvalue weighted by Crippen LogP contribution is -2.30. The first-order valence-corrected chi connectivity index (χ1v) is 28.5. The van der Waals surface area contributed by atoms with Crippen molar-refractivity contribution >= 4 is 17.9 Å². The molecule has 1 unspecified atom stereocenters.